The lowest BCUT2D eigenvalue weighted by Crippen LogP contribution is -2.51. The highest BCUT2D eigenvalue weighted by molar-refractivity contribution is 5.94. The number of nitrogens with zero attached hydrogens (tertiary/aromatic N) is 2. The van der Waals surface area contributed by atoms with Crippen LogP contribution in [0.4, 0.5) is 10.1 Å². The number of non-ortho nitro benzene ring substituents is 1. The van der Waals surface area contributed by atoms with Gasteiger partial charge in [-0.05, 0) is 13.0 Å². The van der Waals surface area contributed by atoms with Crippen molar-refractivity contribution in [2.45, 2.75) is 13.0 Å². The minimum atomic E-state index is -0.856. The second-order valence-electron chi connectivity index (χ2n) is 4.53. The number of nitro benzene ring substituents is 1. The lowest BCUT2D eigenvalue weighted by atomic mass is 10.1. The van der Waals surface area contributed by atoms with Gasteiger partial charge in [-0.15, -0.1) is 12.4 Å². The van der Waals surface area contributed by atoms with Crippen molar-refractivity contribution in [1.29, 1.82) is 0 Å². The van der Waals surface area contributed by atoms with E-state index in [1.54, 1.807) is 4.90 Å². The normalized spacial score (nSPS) is 18.3. The predicted molar refractivity (Wildman–Crippen MR) is 73.7 cm³/mol. The molecule has 0 radical (unpaired) electrons. The first-order valence-corrected chi connectivity index (χ1v) is 5.95. The molecule has 1 aliphatic heterocycles. The molecule has 0 saturated carbocycles. The molecule has 8 heteroatoms. The van der Waals surface area contributed by atoms with Crippen molar-refractivity contribution < 1.29 is 14.1 Å². The maximum absolute atomic E-state index is 13.7. The van der Waals surface area contributed by atoms with Crippen molar-refractivity contribution in [2.24, 2.45) is 0 Å². The Morgan fingerprint density at radius 2 is 2.25 bits per heavy atom. The number of benzene rings is 1. The first-order valence-electron chi connectivity index (χ1n) is 5.95. The van der Waals surface area contributed by atoms with Crippen LogP contribution in [0.3, 0.4) is 0 Å². The molecule has 20 heavy (non-hydrogen) atoms. The number of amides is 1. The maximum Gasteiger partial charge on any atom is 0.272 e. The molecule has 1 unspecified atom stereocenters. The van der Waals surface area contributed by atoms with Gasteiger partial charge in [0.25, 0.3) is 11.6 Å². The lowest BCUT2D eigenvalue weighted by Gasteiger charge is -2.32. The number of carbonyl (C=O) groups excluding carboxylic acids is 1. The molecular formula is C12H15ClFN3O3. The van der Waals surface area contributed by atoms with Crippen LogP contribution in [0.25, 0.3) is 0 Å². The first-order chi connectivity index (χ1) is 8.99. The summed E-state index contributed by atoms with van der Waals surface area (Å²) in [6, 6.07) is 3.24. The van der Waals surface area contributed by atoms with Gasteiger partial charge in [-0.1, -0.05) is 0 Å². The highest BCUT2D eigenvalue weighted by atomic mass is 35.5. The Hall–Kier alpha value is -1.73. The van der Waals surface area contributed by atoms with Crippen LogP contribution in [-0.2, 0) is 0 Å². The molecule has 1 atom stereocenters. The molecule has 6 nitrogen and oxygen atoms in total. The Morgan fingerprint density at radius 1 is 1.55 bits per heavy atom. The Morgan fingerprint density at radius 3 is 2.80 bits per heavy atom. The third-order valence-electron chi connectivity index (χ3n) is 3.05. The topological polar surface area (TPSA) is 75.5 Å². The molecule has 0 bridgehead atoms. The van der Waals surface area contributed by atoms with Gasteiger partial charge in [0.2, 0.25) is 0 Å². The number of halogens is 2. The molecule has 1 aromatic carbocycles. The van der Waals surface area contributed by atoms with E-state index < -0.39 is 16.6 Å². The Labute approximate surface area is 121 Å². The average molecular weight is 304 g/mol. The van der Waals surface area contributed by atoms with Gasteiger partial charge in [-0.3, -0.25) is 14.9 Å². The van der Waals surface area contributed by atoms with E-state index in [2.05, 4.69) is 5.32 Å². The third-order valence-corrected chi connectivity index (χ3v) is 3.05. The van der Waals surface area contributed by atoms with E-state index >= 15 is 0 Å². The zero-order valence-corrected chi connectivity index (χ0v) is 11.7. The van der Waals surface area contributed by atoms with Crippen molar-refractivity contribution in [3.05, 3.63) is 39.7 Å². The summed E-state index contributed by atoms with van der Waals surface area (Å²) in [7, 11) is 0. The minimum absolute atomic E-state index is 0. The molecule has 110 valence electrons. The van der Waals surface area contributed by atoms with Crippen LogP contribution in [0.2, 0.25) is 0 Å². The zero-order valence-electron chi connectivity index (χ0n) is 10.8. The summed E-state index contributed by atoms with van der Waals surface area (Å²) in [5.41, 5.74) is -0.484. The van der Waals surface area contributed by atoms with Crippen LogP contribution in [0.5, 0.6) is 0 Å². The summed E-state index contributed by atoms with van der Waals surface area (Å²) in [6.45, 7) is 3.59. The van der Waals surface area contributed by atoms with Gasteiger partial charge >= 0.3 is 0 Å². The van der Waals surface area contributed by atoms with Gasteiger partial charge in [-0.25, -0.2) is 4.39 Å². The Balaban J connectivity index is 0.00000200. The van der Waals surface area contributed by atoms with Crippen LogP contribution in [0.15, 0.2) is 18.2 Å². The second kappa shape index (κ2) is 6.62. The quantitative estimate of drug-likeness (QED) is 0.665. The van der Waals surface area contributed by atoms with Gasteiger partial charge in [-0.2, -0.15) is 0 Å². The van der Waals surface area contributed by atoms with Gasteiger partial charge in [0, 0.05) is 31.7 Å². The van der Waals surface area contributed by atoms with E-state index in [0.717, 1.165) is 12.1 Å². The van der Waals surface area contributed by atoms with Crippen molar-refractivity contribution in [3.63, 3.8) is 0 Å². The molecule has 2 rings (SSSR count). The number of nitrogens with one attached hydrogen (secondary N) is 1. The standard InChI is InChI=1S/C12H14FN3O3.ClH/c1-8-7-15(5-4-14-8)12(17)10-3-2-9(16(18)19)6-11(10)13;/h2-3,6,8,14H,4-5,7H2,1H3;1H. The molecule has 0 spiro atoms. The zero-order chi connectivity index (χ0) is 14.0. The first kappa shape index (κ1) is 16.3. The van der Waals surface area contributed by atoms with E-state index in [4.69, 9.17) is 0 Å². The fourth-order valence-electron chi connectivity index (χ4n) is 2.08. The van der Waals surface area contributed by atoms with Crippen LogP contribution in [0.1, 0.15) is 17.3 Å². The highest BCUT2D eigenvalue weighted by Gasteiger charge is 2.24. The van der Waals surface area contributed by atoms with Crippen LogP contribution >= 0.6 is 12.4 Å². The molecule has 1 aliphatic rings. The number of hydrogen-bond acceptors (Lipinski definition) is 4. The maximum atomic E-state index is 13.7. The number of nitro groups is 1. The fraction of sp³-hybridized carbons (Fsp3) is 0.417. The van der Waals surface area contributed by atoms with E-state index in [0.29, 0.717) is 19.6 Å². The Kier molecular flexibility index (Phi) is 5.41. The minimum Gasteiger partial charge on any atom is -0.336 e. The molecule has 1 fully saturated rings. The predicted octanol–water partition coefficient (Wildman–Crippen LogP) is 1.59. The molecular weight excluding hydrogens is 289 g/mol. The molecule has 1 heterocycles. The van der Waals surface area contributed by atoms with Crippen LogP contribution in [0, 0.1) is 15.9 Å². The van der Waals surface area contributed by atoms with E-state index in [1.165, 1.54) is 6.07 Å². The summed E-state index contributed by atoms with van der Waals surface area (Å²) in [6.07, 6.45) is 0. The number of piperazine rings is 1. The number of hydrogen-bond donors (Lipinski definition) is 1. The monoisotopic (exact) mass is 303 g/mol. The summed E-state index contributed by atoms with van der Waals surface area (Å²) < 4.78 is 13.7. The highest BCUT2D eigenvalue weighted by Crippen LogP contribution is 2.18. The molecule has 0 aromatic heterocycles. The number of rotatable bonds is 2. The van der Waals surface area contributed by atoms with Gasteiger partial charge < -0.3 is 10.2 Å². The smallest absolute Gasteiger partial charge is 0.272 e. The van der Waals surface area contributed by atoms with E-state index in [9.17, 15) is 19.3 Å². The van der Waals surface area contributed by atoms with E-state index in [-0.39, 0.29) is 29.7 Å². The second-order valence-corrected chi connectivity index (χ2v) is 4.53. The van der Waals surface area contributed by atoms with Crippen LogP contribution in [-0.4, -0.2) is 41.4 Å². The summed E-state index contributed by atoms with van der Waals surface area (Å²) in [5.74, 6) is -1.29. The third kappa shape index (κ3) is 3.43. The summed E-state index contributed by atoms with van der Waals surface area (Å²) in [5, 5.41) is 13.7. The van der Waals surface area contributed by atoms with Crippen molar-refractivity contribution in [3.8, 4) is 0 Å². The fourth-order valence-corrected chi connectivity index (χ4v) is 2.08. The van der Waals surface area contributed by atoms with Crippen molar-refractivity contribution in [1.82, 2.24) is 10.2 Å². The van der Waals surface area contributed by atoms with Gasteiger partial charge in [0.1, 0.15) is 5.82 Å². The van der Waals surface area contributed by atoms with Gasteiger partial charge in [0.05, 0.1) is 16.6 Å². The summed E-state index contributed by atoms with van der Waals surface area (Å²) in [4.78, 5) is 23.5. The largest absolute Gasteiger partial charge is 0.336 e. The molecule has 1 N–H and O–H groups in total. The number of carbonyl (C=O) groups is 1. The van der Waals surface area contributed by atoms with Crippen molar-refractivity contribution in [2.75, 3.05) is 19.6 Å². The lowest BCUT2D eigenvalue weighted by molar-refractivity contribution is -0.385. The van der Waals surface area contributed by atoms with Crippen molar-refractivity contribution >= 4 is 24.0 Å². The average Bonchev–Trinajstić information content (AvgIpc) is 2.37. The molecule has 1 saturated heterocycles. The SMILES string of the molecule is CC1CN(C(=O)c2ccc([N+](=O)[O-])cc2F)CCN1.Cl. The Bertz CT molecular complexity index is 527. The van der Waals surface area contributed by atoms with Gasteiger partial charge in [0.15, 0.2) is 0 Å². The molecule has 0 aliphatic carbocycles. The van der Waals surface area contributed by atoms with E-state index in [1.807, 2.05) is 6.92 Å². The van der Waals surface area contributed by atoms with Crippen LogP contribution < -0.4 is 5.32 Å². The molecule has 1 aromatic rings. The summed E-state index contributed by atoms with van der Waals surface area (Å²) >= 11 is 0. The molecule has 1 amide bonds.